The van der Waals surface area contributed by atoms with E-state index in [1.165, 1.54) is 6.20 Å². The SMILES string of the molecule is Cc1ccc(C(=O)C#Cc2cn([C@H]3C[C@H](O)[C@@H](CO)O3)c(=O)[nH]c2=O)cc1. The molecule has 1 fully saturated rings. The van der Waals surface area contributed by atoms with Crippen LogP contribution in [0.3, 0.4) is 0 Å². The number of aromatic nitrogens is 2. The van der Waals surface area contributed by atoms with E-state index in [1.807, 2.05) is 6.92 Å². The number of nitrogens with zero attached hydrogens (tertiary/aromatic N) is 1. The van der Waals surface area contributed by atoms with Gasteiger partial charge in [-0.25, -0.2) is 4.79 Å². The smallest absolute Gasteiger partial charge is 0.330 e. The van der Waals surface area contributed by atoms with Crippen molar-refractivity contribution in [2.75, 3.05) is 6.61 Å². The van der Waals surface area contributed by atoms with E-state index in [-0.39, 0.29) is 12.0 Å². The molecular formula is C19H18N2O6. The molecular weight excluding hydrogens is 352 g/mol. The highest BCUT2D eigenvalue weighted by Crippen LogP contribution is 2.27. The fourth-order valence-electron chi connectivity index (χ4n) is 2.74. The number of ether oxygens (including phenoxy) is 1. The summed E-state index contributed by atoms with van der Waals surface area (Å²) in [7, 11) is 0. The molecule has 0 radical (unpaired) electrons. The number of rotatable bonds is 3. The van der Waals surface area contributed by atoms with Crippen molar-refractivity contribution < 1.29 is 19.7 Å². The largest absolute Gasteiger partial charge is 0.394 e. The average molecular weight is 370 g/mol. The van der Waals surface area contributed by atoms with Gasteiger partial charge in [-0.1, -0.05) is 35.7 Å². The molecule has 8 heteroatoms. The van der Waals surface area contributed by atoms with Crippen LogP contribution in [-0.4, -0.2) is 44.4 Å². The Morgan fingerprint density at radius 2 is 2.04 bits per heavy atom. The predicted molar refractivity (Wildman–Crippen MR) is 95.3 cm³/mol. The highest BCUT2D eigenvalue weighted by atomic mass is 16.5. The van der Waals surface area contributed by atoms with Gasteiger partial charge in [-0.2, -0.15) is 0 Å². The summed E-state index contributed by atoms with van der Waals surface area (Å²) in [6.07, 6.45) is -1.34. The number of aromatic amines is 1. The molecule has 1 aromatic heterocycles. The Hall–Kier alpha value is -2.99. The van der Waals surface area contributed by atoms with Gasteiger partial charge in [0, 0.05) is 18.2 Å². The minimum absolute atomic E-state index is 0.0757. The lowest BCUT2D eigenvalue weighted by Gasteiger charge is -2.14. The molecule has 0 saturated carbocycles. The lowest BCUT2D eigenvalue weighted by atomic mass is 10.1. The van der Waals surface area contributed by atoms with Gasteiger partial charge in [0.25, 0.3) is 5.56 Å². The van der Waals surface area contributed by atoms with Gasteiger partial charge in [-0.15, -0.1) is 0 Å². The van der Waals surface area contributed by atoms with Crippen LogP contribution in [0, 0.1) is 18.8 Å². The molecule has 0 amide bonds. The third-order valence-electron chi connectivity index (χ3n) is 4.29. The Labute approximate surface area is 154 Å². The van der Waals surface area contributed by atoms with Crippen LogP contribution in [0.25, 0.3) is 0 Å². The van der Waals surface area contributed by atoms with Crippen molar-refractivity contribution in [1.82, 2.24) is 9.55 Å². The van der Waals surface area contributed by atoms with Crippen molar-refractivity contribution in [3.05, 3.63) is 68.0 Å². The van der Waals surface area contributed by atoms with Crippen LogP contribution in [0.5, 0.6) is 0 Å². The Balaban J connectivity index is 1.89. The molecule has 0 spiro atoms. The molecule has 2 heterocycles. The first-order valence-corrected chi connectivity index (χ1v) is 8.32. The quantitative estimate of drug-likeness (QED) is 0.505. The Morgan fingerprint density at radius 1 is 1.33 bits per heavy atom. The normalized spacial score (nSPS) is 21.5. The first-order valence-electron chi connectivity index (χ1n) is 8.32. The fraction of sp³-hybridized carbons (Fsp3) is 0.316. The van der Waals surface area contributed by atoms with Gasteiger partial charge < -0.3 is 14.9 Å². The zero-order valence-electron chi connectivity index (χ0n) is 14.5. The number of carbonyl (C=O) groups is 1. The Bertz CT molecular complexity index is 1030. The number of aliphatic hydroxyl groups is 2. The first-order chi connectivity index (χ1) is 12.9. The molecule has 0 unspecified atom stereocenters. The third kappa shape index (κ3) is 4.06. The summed E-state index contributed by atoms with van der Waals surface area (Å²) < 4.78 is 6.50. The van der Waals surface area contributed by atoms with Crippen molar-refractivity contribution in [2.24, 2.45) is 0 Å². The van der Waals surface area contributed by atoms with Crippen LogP contribution in [0.1, 0.15) is 34.1 Å². The number of ketones is 1. The van der Waals surface area contributed by atoms with Crippen LogP contribution >= 0.6 is 0 Å². The number of H-pyrrole nitrogens is 1. The fourth-order valence-corrected chi connectivity index (χ4v) is 2.74. The molecule has 8 nitrogen and oxygen atoms in total. The second kappa shape index (κ2) is 7.72. The molecule has 0 aliphatic carbocycles. The Kier molecular flexibility index (Phi) is 5.37. The van der Waals surface area contributed by atoms with E-state index in [1.54, 1.807) is 24.3 Å². The van der Waals surface area contributed by atoms with Crippen molar-refractivity contribution in [2.45, 2.75) is 31.8 Å². The summed E-state index contributed by atoms with van der Waals surface area (Å²) in [5, 5.41) is 19.0. The van der Waals surface area contributed by atoms with Gasteiger partial charge in [0.15, 0.2) is 0 Å². The standard InChI is InChI=1S/C19H18N2O6/c1-11-2-4-12(5-3-11)14(23)7-6-13-9-21(19(26)20-18(13)25)17-8-15(24)16(10-22)27-17/h2-5,9,15-17,22,24H,8,10H2,1H3,(H,20,25,26)/t15-,16+,17+/m0/s1. The monoisotopic (exact) mass is 370 g/mol. The summed E-state index contributed by atoms with van der Waals surface area (Å²) in [6.45, 7) is 1.50. The van der Waals surface area contributed by atoms with Crippen molar-refractivity contribution >= 4 is 5.78 Å². The van der Waals surface area contributed by atoms with Crippen molar-refractivity contribution in [3.8, 4) is 11.8 Å². The summed E-state index contributed by atoms with van der Waals surface area (Å²) in [5.41, 5.74) is -0.140. The van der Waals surface area contributed by atoms with Crippen LogP contribution in [0.15, 0.2) is 40.1 Å². The predicted octanol–water partition coefficient (Wildman–Crippen LogP) is -0.280. The number of aliphatic hydroxyl groups excluding tert-OH is 2. The zero-order chi connectivity index (χ0) is 19.6. The molecule has 1 aliphatic heterocycles. The van der Waals surface area contributed by atoms with E-state index in [2.05, 4.69) is 16.8 Å². The molecule has 2 aromatic rings. The minimum atomic E-state index is -0.934. The minimum Gasteiger partial charge on any atom is -0.394 e. The number of aryl methyl sites for hydroxylation is 1. The molecule has 3 N–H and O–H groups in total. The van der Waals surface area contributed by atoms with Gasteiger partial charge in [0.1, 0.15) is 17.9 Å². The summed E-state index contributed by atoms with van der Waals surface area (Å²) >= 11 is 0. The second-order valence-corrected chi connectivity index (χ2v) is 6.27. The molecule has 0 bridgehead atoms. The van der Waals surface area contributed by atoms with Crippen LogP contribution in [0.2, 0.25) is 0 Å². The summed E-state index contributed by atoms with van der Waals surface area (Å²) in [5.74, 6) is 4.41. The number of Topliss-reactive ketones (excluding diaryl/α,β-unsaturated/α-hetero) is 1. The van der Waals surface area contributed by atoms with Gasteiger partial charge in [-0.3, -0.25) is 19.1 Å². The third-order valence-corrected chi connectivity index (χ3v) is 4.29. The molecule has 1 aliphatic rings. The average Bonchev–Trinajstić information content (AvgIpc) is 3.02. The highest BCUT2D eigenvalue weighted by molar-refractivity contribution is 6.09. The van der Waals surface area contributed by atoms with Crippen molar-refractivity contribution in [1.29, 1.82) is 0 Å². The molecule has 27 heavy (non-hydrogen) atoms. The van der Waals surface area contributed by atoms with E-state index in [4.69, 9.17) is 9.84 Å². The van der Waals surface area contributed by atoms with Crippen LogP contribution in [0.4, 0.5) is 0 Å². The lowest BCUT2D eigenvalue weighted by Crippen LogP contribution is -2.33. The maximum Gasteiger partial charge on any atom is 0.330 e. The van der Waals surface area contributed by atoms with E-state index < -0.39 is 42.1 Å². The maximum absolute atomic E-state index is 12.1. The summed E-state index contributed by atoms with van der Waals surface area (Å²) in [6, 6.07) is 6.84. The van der Waals surface area contributed by atoms with E-state index in [9.17, 15) is 19.5 Å². The van der Waals surface area contributed by atoms with Gasteiger partial charge in [-0.05, 0) is 12.8 Å². The highest BCUT2D eigenvalue weighted by Gasteiger charge is 2.35. The topological polar surface area (TPSA) is 122 Å². The van der Waals surface area contributed by atoms with E-state index in [0.29, 0.717) is 5.56 Å². The maximum atomic E-state index is 12.1. The Morgan fingerprint density at radius 3 is 2.67 bits per heavy atom. The van der Waals surface area contributed by atoms with Crippen LogP contribution in [-0.2, 0) is 4.74 Å². The zero-order valence-corrected chi connectivity index (χ0v) is 14.5. The first kappa shape index (κ1) is 18.8. The van der Waals surface area contributed by atoms with Gasteiger partial charge >= 0.3 is 5.69 Å². The van der Waals surface area contributed by atoms with Crippen molar-refractivity contribution in [3.63, 3.8) is 0 Å². The number of hydrogen-bond acceptors (Lipinski definition) is 6. The van der Waals surface area contributed by atoms with Gasteiger partial charge in [0.2, 0.25) is 5.78 Å². The number of nitrogens with one attached hydrogen (secondary N) is 1. The lowest BCUT2D eigenvalue weighted by molar-refractivity contribution is -0.0459. The molecule has 3 rings (SSSR count). The van der Waals surface area contributed by atoms with E-state index in [0.717, 1.165) is 10.1 Å². The van der Waals surface area contributed by atoms with E-state index >= 15 is 0 Å². The number of hydrogen-bond donors (Lipinski definition) is 3. The summed E-state index contributed by atoms with van der Waals surface area (Å²) in [4.78, 5) is 38.3. The molecule has 1 aromatic carbocycles. The van der Waals surface area contributed by atoms with Crippen LogP contribution < -0.4 is 11.2 Å². The van der Waals surface area contributed by atoms with Gasteiger partial charge in [0.05, 0.1) is 12.7 Å². The molecule has 140 valence electrons. The second-order valence-electron chi connectivity index (χ2n) is 6.27. The number of benzene rings is 1. The molecule has 1 saturated heterocycles. The number of carbonyl (C=O) groups excluding carboxylic acids is 1. The molecule has 3 atom stereocenters.